The summed E-state index contributed by atoms with van der Waals surface area (Å²) in [7, 11) is 0. The lowest BCUT2D eigenvalue weighted by Crippen LogP contribution is -2.29. The second kappa shape index (κ2) is 6.12. The molecule has 2 atom stereocenters. The molecule has 2 aromatic rings. The number of nitrogens with one attached hydrogen (secondary N) is 1. The molecule has 2 heterocycles. The number of nitrogens with zero attached hydrogens (tertiary/aromatic N) is 1. The van der Waals surface area contributed by atoms with Gasteiger partial charge in [0.1, 0.15) is 17.7 Å². The van der Waals surface area contributed by atoms with Gasteiger partial charge in [0, 0.05) is 29.5 Å². The van der Waals surface area contributed by atoms with E-state index in [-0.39, 0.29) is 18.0 Å². The minimum absolute atomic E-state index is 0.112. The van der Waals surface area contributed by atoms with E-state index in [1.807, 2.05) is 18.4 Å². The van der Waals surface area contributed by atoms with Crippen LogP contribution in [-0.4, -0.2) is 11.5 Å². The zero-order valence-electron chi connectivity index (χ0n) is 12.2. The van der Waals surface area contributed by atoms with Crippen LogP contribution in [0.5, 0.6) is 5.75 Å². The topological polar surface area (TPSA) is 34.2 Å². The fraction of sp³-hybridized carbons (Fsp3) is 0.438. The maximum Gasteiger partial charge on any atom is 0.143 e. The monoisotopic (exact) mass is 306 g/mol. The summed E-state index contributed by atoms with van der Waals surface area (Å²) >= 11 is 1.62. The van der Waals surface area contributed by atoms with Gasteiger partial charge in [0.2, 0.25) is 0 Å². The second-order valence-corrected chi connectivity index (χ2v) is 6.38. The van der Waals surface area contributed by atoms with Crippen LogP contribution in [0.25, 0.3) is 0 Å². The highest BCUT2D eigenvalue weighted by Gasteiger charge is 2.30. The molecule has 3 nitrogen and oxygen atoms in total. The Balaban J connectivity index is 1.91. The lowest BCUT2D eigenvalue weighted by atomic mass is 9.95. The third-order valence-electron chi connectivity index (χ3n) is 3.68. The summed E-state index contributed by atoms with van der Waals surface area (Å²) in [5.74, 6) is 0.364. The van der Waals surface area contributed by atoms with E-state index in [4.69, 9.17) is 4.74 Å². The van der Waals surface area contributed by atoms with Gasteiger partial charge in [-0.1, -0.05) is 13.0 Å². The Bertz CT molecular complexity index is 628. The van der Waals surface area contributed by atoms with Crippen molar-refractivity contribution in [3.8, 4) is 5.75 Å². The predicted molar refractivity (Wildman–Crippen MR) is 82.3 cm³/mol. The minimum atomic E-state index is -0.266. The second-order valence-electron chi connectivity index (χ2n) is 5.32. The van der Waals surface area contributed by atoms with Crippen molar-refractivity contribution in [3.05, 3.63) is 45.7 Å². The summed E-state index contributed by atoms with van der Waals surface area (Å²) in [5, 5.41) is 6.58. The quantitative estimate of drug-likeness (QED) is 0.921. The Kier molecular flexibility index (Phi) is 4.22. The molecular formula is C16H19FN2OS. The number of hydrogen-bond acceptors (Lipinski definition) is 4. The van der Waals surface area contributed by atoms with E-state index in [0.717, 1.165) is 35.7 Å². The lowest BCUT2D eigenvalue weighted by molar-refractivity contribution is 0.147. The van der Waals surface area contributed by atoms with Crippen LogP contribution in [0.4, 0.5) is 4.39 Å². The third kappa shape index (κ3) is 3.09. The van der Waals surface area contributed by atoms with Crippen molar-refractivity contribution in [2.45, 2.75) is 38.8 Å². The van der Waals surface area contributed by atoms with Crippen LogP contribution < -0.4 is 10.1 Å². The van der Waals surface area contributed by atoms with E-state index in [2.05, 4.69) is 17.2 Å². The van der Waals surface area contributed by atoms with Gasteiger partial charge in [0.05, 0.1) is 10.7 Å². The number of benzene rings is 1. The molecule has 3 rings (SSSR count). The number of fused-ring (bicyclic) bond motifs is 1. The fourth-order valence-corrected chi connectivity index (χ4v) is 3.32. The zero-order valence-corrected chi connectivity index (χ0v) is 13.0. The van der Waals surface area contributed by atoms with Crippen LogP contribution in [0.3, 0.4) is 0 Å². The molecular weight excluding hydrogens is 287 g/mol. The Morgan fingerprint density at radius 3 is 3.05 bits per heavy atom. The average Bonchev–Trinajstić information content (AvgIpc) is 2.90. The van der Waals surface area contributed by atoms with Crippen LogP contribution in [0.15, 0.2) is 23.6 Å². The summed E-state index contributed by atoms with van der Waals surface area (Å²) in [5.41, 5.74) is 1.98. The van der Waals surface area contributed by atoms with Gasteiger partial charge in [-0.2, -0.15) is 0 Å². The number of hydrogen-bond donors (Lipinski definition) is 1. The van der Waals surface area contributed by atoms with E-state index in [1.165, 1.54) is 12.1 Å². The number of halogens is 1. The largest absolute Gasteiger partial charge is 0.484 e. The minimum Gasteiger partial charge on any atom is -0.484 e. The number of thiazole rings is 1. The molecule has 1 aromatic carbocycles. The Labute approximate surface area is 128 Å². The van der Waals surface area contributed by atoms with Gasteiger partial charge in [-0.05, 0) is 26.0 Å². The van der Waals surface area contributed by atoms with E-state index >= 15 is 0 Å². The SMILES string of the molecule is CCCNC1CC(c2csc(C)n2)Oc2cc(F)ccc21. The highest BCUT2D eigenvalue weighted by molar-refractivity contribution is 7.09. The van der Waals surface area contributed by atoms with Crippen molar-refractivity contribution in [1.29, 1.82) is 0 Å². The normalized spacial score (nSPS) is 20.9. The first-order chi connectivity index (χ1) is 10.2. The molecule has 0 aliphatic carbocycles. The Morgan fingerprint density at radius 1 is 1.48 bits per heavy atom. The standard InChI is InChI=1S/C16H19FN2OS/c1-3-6-18-13-8-16(14-9-21-10(2)19-14)20-15-7-11(17)4-5-12(13)15/h4-5,7,9,13,16,18H,3,6,8H2,1-2H3. The summed E-state index contributed by atoms with van der Waals surface area (Å²) in [6.07, 6.45) is 1.77. The Morgan fingerprint density at radius 2 is 2.33 bits per heavy atom. The highest BCUT2D eigenvalue weighted by atomic mass is 32.1. The molecule has 21 heavy (non-hydrogen) atoms. The molecule has 1 aromatic heterocycles. The Hall–Kier alpha value is -1.46. The maximum atomic E-state index is 13.5. The van der Waals surface area contributed by atoms with Crippen LogP contribution in [0, 0.1) is 12.7 Å². The maximum absolute atomic E-state index is 13.5. The first-order valence-corrected chi connectivity index (χ1v) is 8.17. The molecule has 0 radical (unpaired) electrons. The van der Waals surface area contributed by atoms with Gasteiger partial charge in [0.15, 0.2) is 0 Å². The zero-order chi connectivity index (χ0) is 14.8. The first-order valence-electron chi connectivity index (χ1n) is 7.29. The summed E-state index contributed by atoms with van der Waals surface area (Å²) in [4.78, 5) is 4.52. The molecule has 0 spiro atoms. The van der Waals surface area contributed by atoms with Crippen LogP contribution in [0.1, 0.15) is 48.2 Å². The summed E-state index contributed by atoms with van der Waals surface area (Å²) in [6, 6.07) is 4.97. The number of aromatic nitrogens is 1. The smallest absolute Gasteiger partial charge is 0.143 e. The van der Waals surface area contributed by atoms with Crippen molar-refractivity contribution in [2.75, 3.05) is 6.54 Å². The molecule has 0 amide bonds. The van der Waals surface area contributed by atoms with Gasteiger partial charge >= 0.3 is 0 Å². The molecule has 0 saturated heterocycles. The van der Waals surface area contributed by atoms with E-state index < -0.39 is 0 Å². The molecule has 112 valence electrons. The van der Waals surface area contributed by atoms with Gasteiger partial charge in [0.25, 0.3) is 0 Å². The molecule has 0 saturated carbocycles. The van der Waals surface area contributed by atoms with Gasteiger partial charge in [-0.15, -0.1) is 11.3 Å². The highest BCUT2D eigenvalue weighted by Crippen LogP contribution is 2.41. The fourth-order valence-electron chi connectivity index (χ4n) is 2.66. The molecule has 1 aliphatic rings. The van der Waals surface area contributed by atoms with Crippen molar-refractivity contribution in [3.63, 3.8) is 0 Å². The number of ether oxygens (including phenoxy) is 1. The van der Waals surface area contributed by atoms with Gasteiger partial charge in [-0.25, -0.2) is 9.37 Å². The van der Waals surface area contributed by atoms with Gasteiger partial charge in [-0.3, -0.25) is 0 Å². The van der Waals surface area contributed by atoms with Crippen molar-refractivity contribution in [1.82, 2.24) is 10.3 Å². The number of aryl methyl sites for hydroxylation is 1. The van der Waals surface area contributed by atoms with E-state index in [1.54, 1.807) is 11.3 Å². The van der Waals surface area contributed by atoms with E-state index in [9.17, 15) is 4.39 Å². The third-order valence-corrected chi connectivity index (χ3v) is 4.47. The molecule has 0 fully saturated rings. The van der Waals surface area contributed by atoms with E-state index in [0.29, 0.717) is 5.75 Å². The van der Waals surface area contributed by atoms with Crippen LogP contribution in [0.2, 0.25) is 0 Å². The first kappa shape index (κ1) is 14.5. The van der Waals surface area contributed by atoms with Crippen LogP contribution in [-0.2, 0) is 0 Å². The predicted octanol–water partition coefficient (Wildman–Crippen LogP) is 4.16. The van der Waals surface area contributed by atoms with Crippen molar-refractivity contribution >= 4 is 11.3 Å². The molecule has 0 bridgehead atoms. The molecule has 1 N–H and O–H groups in total. The lowest BCUT2D eigenvalue weighted by Gasteiger charge is -2.32. The van der Waals surface area contributed by atoms with Gasteiger partial charge < -0.3 is 10.1 Å². The average molecular weight is 306 g/mol. The molecule has 1 aliphatic heterocycles. The summed E-state index contributed by atoms with van der Waals surface area (Å²) in [6.45, 7) is 5.06. The van der Waals surface area contributed by atoms with Crippen molar-refractivity contribution in [2.24, 2.45) is 0 Å². The number of rotatable bonds is 4. The molecule has 2 unspecified atom stereocenters. The summed E-state index contributed by atoms with van der Waals surface area (Å²) < 4.78 is 19.5. The van der Waals surface area contributed by atoms with Crippen LogP contribution >= 0.6 is 11.3 Å². The van der Waals surface area contributed by atoms with Crippen molar-refractivity contribution < 1.29 is 9.13 Å². The molecule has 5 heteroatoms.